The highest BCUT2D eigenvalue weighted by Gasteiger charge is 2.38. The van der Waals surface area contributed by atoms with E-state index in [0.717, 1.165) is 45.3 Å². The van der Waals surface area contributed by atoms with Crippen molar-refractivity contribution < 1.29 is 33.8 Å². The van der Waals surface area contributed by atoms with Gasteiger partial charge in [-0.2, -0.15) is 0 Å². The van der Waals surface area contributed by atoms with Crippen molar-refractivity contribution in [3.8, 4) is 28.1 Å². The number of hydrazine groups is 1. The van der Waals surface area contributed by atoms with E-state index in [4.69, 9.17) is 4.74 Å². The molecule has 15 heteroatoms. The highest BCUT2D eigenvalue weighted by molar-refractivity contribution is 5.96. The molecule has 4 aromatic rings. The van der Waals surface area contributed by atoms with Crippen molar-refractivity contribution in [1.82, 2.24) is 40.4 Å². The van der Waals surface area contributed by atoms with Crippen molar-refractivity contribution in [2.45, 2.75) is 111 Å². The summed E-state index contributed by atoms with van der Waals surface area (Å²) in [5, 5.41) is 19.7. The Morgan fingerprint density at radius 3 is 2.53 bits per heavy atom. The number of carbonyl (C=O) groups excluding carboxylic acids is 5. The van der Waals surface area contributed by atoms with Gasteiger partial charge in [0.2, 0.25) is 17.7 Å². The number of aromatic nitrogens is 2. The Bertz CT molecular complexity index is 2420. The number of rotatable bonds is 11. The molecule has 3 aliphatic rings. The van der Waals surface area contributed by atoms with E-state index >= 15 is 0 Å². The number of benzene rings is 2. The summed E-state index contributed by atoms with van der Waals surface area (Å²) in [4.78, 5) is 76.4. The van der Waals surface area contributed by atoms with Gasteiger partial charge < -0.3 is 34.8 Å². The molecule has 2 aromatic heterocycles. The summed E-state index contributed by atoms with van der Waals surface area (Å²) in [6.07, 6.45) is 6.16. The topological polar surface area (TPSA) is 188 Å². The maximum absolute atomic E-state index is 14.6. The van der Waals surface area contributed by atoms with Gasteiger partial charge in [0.15, 0.2) is 0 Å². The first-order valence-electron chi connectivity index (χ1n) is 22.7. The molecular weight excluding hydrogens is 813 g/mol. The summed E-state index contributed by atoms with van der Waals surface area (Å²) in [7, 11) is 3.22. The van der Waals surface area contributed by atoms with E-state index in [1.807, 2.05) is 38.4 Å². The van der Waals surface area contributed by atoms with E-state index < -0.39 is 41.3 Å². The second-order valence-electron chi connectivity index (χ2n) is 18.8. The fourth-order valence-electron chi connectivity index (χ4n) is 9.35. The highest BCUT2D eigenvalue weighted by atomic mass is 16.5. The van der Waals surface area contributed by atoms with Crippen LogP contribution in [0.5, 0.6) is 5.75 Å². The molecule has 0 radical (unpaired) electrons. The van der Waals surface area contributed by atoms with Crippen LogP contribution in [0, 0.1) is 11.3 Å². The maximum atomic E-state index is 14.6. The number of esters is 1. The summed E-state index contributed by atoms with van der Waals surface area (Å²) in [6, 6.07) is 10.5. The van der Waals surface area contributed by atoms with Crippen molar-refractivity contribution in [1.29, 1.82) is 0 Å². The van der Waals surface area contributed by atoms with Crippen LogP contribution in [0.15, 0.2) is 54.9 Å². The van der Waals surface area contributed by atoms with Crippen LogP contribution in [0.3, 0.4) is 0 Å². The van der Waals surface area contributed by atoms with E-state index in [1.165, 1.54) is 20.4 Å². The van der Waals surface area contributed by atoms with Crippen LogP contribution in [0.25, 0.3) is 33.3 Å². The molecule has 0 saturated carbocycles. The molecule has 2 saturated heterocycles. The zero-order chi connectivity index (χ0) is 46.0. The highest BCUT2D eigenvalue weighted by Crippen LogP contribution is 2.41. The summed E-state index contributed by atoms with van der Waals surface area (Å²) < 4.78 is 8.41. The Kier molecular flexibility index (Phi) is 13.8. The standard InChI is InChI=1S/C49H64N8O7/c1-9-31-15-17-50-26-37(31)44-36-25-49(5,6)28-64-48(63)38-12-11-18-57(53-38)47(62)39(22-30-20-33(23-34(58)21-30)32-13-14-41(35(36)24-32)56(44)10-2)52-45(60)43(29(3)4)55(8)42(59)16-19-54(7)46(61)40-27-51-40/h13-15,17,20-21,23-24,26,29,38-40,43,51,53,58H,9-12,16,18-19,22,25,27-28H2,1-8H3,(H,52,60)/t38-,39-,40-,43-/m0/s1. The first-order chi connectivity index (χ1) is 30.5. The predicted octanol–water partition coefficient (Wildman–Crippen LogP) is 4.61. The number of phenols is 1. The number of nitrogens with zero attached hydrogens (tertiary/aromatic N) is 5. The van der Waals surface area contributed by atoms with Gasteiger partial charge in [0.25, 0.3) is 5.91 Å². The average Bonchev–Trinajstić information content (AvgIpc) is 4.08. The maximum Gasteiger partial charge on any atom is 0.324 e. The zero-order valence-corrected chi connectivity index (χ0v) is 38.5. The molecule has 64 heavy (non-hydrogen) atoms. The number of ether oxygens (including phenoxy) is 1. The van der Waals surface area contributed by atoms with E-state index in [-0.39, 0.29) is 62.1 Å². The second kappa shape index (κ2) is 19.1. The van der Waals surface area contributed by atoms with Gasteiger partial charge in [-0.1, -0.05) is 46.8 Å². The minimum absolute atomic E-state index is 0.000795. The fraction of sp³-hybridized carbons (Fsp3) is 0.510. The van der Waals surface area contributed by atoms with Crippen LogP contribution in [0.2, 0.25) is 0 Å². The molecule has 4 atom stereocenters. The number of hydrogen-bond donors (Lipinski definition) is 4. The molecule has 342 valence electrons. The molecule has 4 amide bonds. The van der Waals surface area contributed by atoms with Crippen LogP contribution in [-0.2, 0) is 54.5 Å². The molecule has 0 aliphatic carbocycles. The predicted molar refractivity (Wildman–Crippen MR) is 245 cm³/mol. The number of carbonyl (C=O) groups is 5. The first-order valence-corrected chi connectivity index (χ1v) is 22.7. The fourth-order valence-corrected chi connectivity index (χ4v) is 9.35. The van der Waals surface area contributed by atoms with E-state index in [0.29, 0.717) is 37.9 Å². The van der Waals surface area contributed by atoms with Crippen LogP contribution < -0.4 is 16.1 Å². The Morgan fingerprint density at radius 2 is 1.83 bits per heavy atom. The number of aryl methyl sites for hydroxylation is 2. The van der Waals surface area contributed by atoms with E-state index in [1.54, 1.807) is 26.2 Å². The molecule has 0 unspecified atom stereocenters. The van der Waals surface area contributed by atoms with Gasteiger partial charge in [-0.15, -0.1) is 0 Å². The zero-order valence-electron chi connectivity index (χ0n) is 38.5. The minimum Gasteiger partial charge on any atom is -0.508 e. The smallest absolute Gasteiger partial charge is 0.324 e. The lowest BCUT2D eigenvalue weighted by molar-refractivity contribution is -0.155. The molecule has 2 aromatic carbocycles. The molecule has 4 N–H and O–H groups in total. The molecule has 6 bridgehead atoms. The third-order valence-corrected chi connectivity index (χ3v) is 12.8. The number of pyridine rings is 1. The van der Waals surface area contributed by atoms with Crippen LogP contribution in [0.4, 0.5) is 0 Å². The second-order valence-corrected chi connectivity index (χ2v) is 18.8. The van der Waals surface area contributed by atoms with Crippen molar-refractivity contribution in [3.63, 3.8) is 0 Å². The summed E-state index contributed by atoms with van der Waals surface area (Å²) in [5.74, 6) is -2.20. The summed E-state index contributed by atoms with van der Waals surface area (Å²) >= 11 is 0. The lowest BCUT2D eigenvalue weighted by Crippen LogP contribution is -2.62. The van der Waals surface area contributed by atoms with Gasteiger partial charge in [-0.05, 0) is 96.7 Å². The number of phenolic OH excluding ortho intramolecular Hbond substituents is 1. The third kappa shape index (κ3) is 9.95. The Balaban J connectivity index is 1.28. The lowest BCUT2D eigenvalue weighted by atomic mass is 9.84. The number of hydrogen-bond acceptors (Lipinski definition) is 10. The van der Waals surface area contributed by atoms with Gasteiger partial charge in [0.05, 0.1) is 18.3 Å². The van der Waals surface area contributed by atoms with Gasteiger partial charge >= 0.3 is 5.97 Å². The third-order valence-electron chi connectivity index (χ3n) is 12.8. The first kappa shape index (κ1) is 46.2. The minimum atomic E-state index is -1.15. The molecule has 15 nitrogen and oxygen atoms in total. The van der Waals surface area contributed by atoms with Crippen molar-refractivity contribution >= 4 is 40.5 Å². The van der Waals surface area contributed by atoms with Crippen molar-refractivity contribution in [2.75, 3.05) is 40.3 Å². The van der Waals surface area contributed by atoms with Crippen molar-refractivity contribution in [3.05, 3.63) is 71.5 Å². The Morgan fingerprint density at radius 1 is 1.06 bits per heavy atom. The molecule has 2 fully saturated rings. The largest absolute Gasteiger partial charge is 0.508 e. The Hall–Kier alpha value is -5.80. The van der Waals surface area contributed by atoms with Gasteiger partial charge in [0, 0.05) is 87.4 Å². The SMILES string of the molecule is CCc1ccncc1-c1c2c3cc(ccc3n1CC)-c1cc(O)cc(c1)C[C@H](NC(=O)[C@H](C(C)C)N(C)C(=O)CCN(C)C(=O)[C@@H]1CN1)C(=O)N1CCC[C@H](N1)C(=O)OCC(C)(C)C2. The quantitative estimate of drug-likeness (QED) is 0.122. The molecule has 7 rings (SSSR count). The number of cyclic esters (lactones) is 1. The number of amides is 4. The molecular formula is C49H64N8O7. The summed E-state index contributed by atoms with van der Waals surface area (Å²) in [6.45, 7) is 14.0. The van der Waals surface area contributed by atoms with Gasteiger partial charge in [0.1, 0.15) is 23.9 Å². The number of nitrogens with one attached hydrogen (secondary N) is 3. The molecule has 0 spiro atoms. The lowest BCUT2D eigenvalue weighted by Gasteiger charge is -2.37. The van der Waals surface area contributed by atoms with Crippen molar-refractivity contribution in [2.24, 2.45) is 11.3 Å². The van der Waals surface area contributed by atoms with E-state index in [9.17, 15) is 29.1 Å². The van der Waals surface area contributed by atoms with Crippen LogP contribution >= 0.6 is 0 Å². The molecule has 3 aliphatic heterocycles. The average molecular weight is 877 g/mol. The monoisotopic (exact) mass is 876 g/mol. The normalized spacial score (nSPS) is 20.3. The molecule has 5 heterocycles. The van der Waals surface area contributed by atoms with E-state index in [2.05, 4.69) is 71.5 Å². The summed E-state index contributed by atoms with van der Waals surface area (Å²) in [5.41, 5.74) is 10.3. The number of fused-ring (bicyclic) bond motifs is 6. The van der Waals surface area contributed by atoms with Crippen LogP contribution in [0.1, 0.15) is 77.5 Å². The van der Waals surface area contributed by atoms with Gasteiger partial charge in [-0.3, -0.25) is 34.0 Å². The number of aromatic hydroxyl groups is 1. The Labute approximate surface area is 375 Å². The van der Waals surface area contributed by atoms with Crippen LogP contribution in [-0.4, -0.2) is 124 Å². The number of likely N-dealkylation sites (N-methyl/N-ethyl adjacent to an activating group) is 2. The van der Waals surface area contributed by atoms with Gasteiger partial charge in [-0.25, -0.2) is 5.43 Å².